The first kappa shape index (κ1) is 9.63. The van der Waals surface area contributed by atoms with Gasteiger partial charge in [-0.1, -0.05) is 24.3 Å². The van der Waals surface area contributed by atoms with E-state index >= 15 is 0 Å². The summed E-state index contributed by atoms with van der Waals surface area (Å²) in [6.07, 6.45) is 7.91. The number of carbonyl (C=O) groups excluding carboxylic acids is 2. The summed E-state index contributed by atoms with van der Waals surface area (Å²) in [7, 11) is 3.57. The number of rotatable bonds is 0. The fourth-order valence-electron chi connectivity index (χ4n) is 2.90. The van der Waals surface area contributed by atoms with Gasteiger partial charge in [-0.05, 0) is 0 Å². The highest BCUT2D eigenvalue weighted by atomic mass is 16.2. The summed E-state index contributed by atoms with van der Waals surface area (Å²) in [5.41, 5.74) is 0. The Bertz CT molecular complexity index is 387. The Kier molecular flexibility index (Phi) is 1.79. The predicted octanol–water partition coefficient (Wildman–Crippen LogP) is 0.0260. The molecule has 0 radical (unpaired) electrons. The zero-order valence-corrected chi connectivity index (χ0v) is 9.33. The van der Waals surface area contributed by atoms with Gasteiger partial charge in [0, 0.05) is 14.1 Å². The lowest BCUT2D eigenvalue weighted by molar-refractivity contribution is -0.148. The van der Waals surface area contributed by atoms with E-state index in [1.54, 1.807) is 23.9 Å². The molecule has 0 unspecified atom stereocenters. The Morgan fingerprint density at radius 1 is 0.812 bits per heavy atom. The van der Waals surface area contributed by atoms with Crippen molar-refractivity contribution >= 4 is 11.8 Å². The van der Waals surface area contributed by atoms with Crippen LogP contribution in [-0.4, -0.2) is 47.8 Å². The lowest BCUT2D eigenvalue weighted by atomic mass is 9.79. The van der Waals surface area contributed by atoms with Gasteiger partial charge in [0.25, 0.3) is 0 Å². The third-order valence-electron chi connectivity index (χ3n) is 3.93. The fraction of sp³-hybridized carbons (Fsp3) is 0.500. The van der Waals surface area contributed by atoms with Crippen LogP contribution in [0, 0.1) is 11.8 Å². The van der Waals surface area contributed by atoms with Crippen molar-refractivity contribution in [2.75, 3.05) is 14.1 Å². The molecule has 4 heteroatoms. The highest BCUT2D eigenvalue weighted by Crippen LogP contribution is 2.34. The number of nitrogens with zero attached hydrogens (tertiary/aromatic N) is 2. The van der Waals surface area contributed by atoms with Gasteiger partial charge in [-0.15, -0.1) is 0 Å². The van der Waals surface area contributed by atoms with Crippen molar-refractivity contribution < 1.29 is 9.59 Å². The summed E-state index contributed by atoms with van der Waals surface area (Å²) >= 11 is 0. The Hall–Kier alpha value is -1.58. The molecule has 1 aliphatic carbocycles. The van der Waals surface area contributed by atoms with Gasteiger partial charge in [-0.2, -0.15) is 0 Å². The molecule has 4 nitrogen and oxygen atoms in total. The van der Waals surface area contributed by atoms with Crippen molar-refractivity contribution in [1.29, 1.82) is 0 Å². The number of carbonyl (C=O) groups is 2. The van der Waals surface area contributed by atoms with Crippen molar-refractivity contribution in [3.8, 4) is 0 Å². The van der Waals surface area contributed by atoms with E-state index in [2.05, 4.69) is 0 Å². The zero-order valence-electron chi connectivity index (χ0n) is 9.33. The van der Waals surface area contributed by atoms with Crippen LogP contribution in [0.2, 0.25) is 0 Å². The Balaban J connectivity index is 2.17. The summed E-state index contributed by atoms with van der Waals surface area (Å²) in [6, 6.07) is -0.229. The van der Waals surface area contributed by atoms with Crippen LogP contribution in [0.25, 0.3) is 0 Å². The molecule has 0 spiro atoms. The van der Waals surface area contributed by atoms with Gasteiger partial charge in [0.15, 0.2) is 0 Å². The van der Waals surface area contributed by atoms with Crippen molar-refractivity contribution in [2.24, 2.45) is 11.8 Å². The molecule has 0 saturated carbocycles. The normalized spacial score (nSPS) is 40.6. The summed E-state index contributed by atoms with van der Waals surface area (Å²) in [6.45, 7) is 0. The molecule has 4 bridgehead atoms. The van der Waals surface area contributed by atoms with E-state index in [9.17, 15) is 9.59 Å². The number of hydrogen-bond donors (Lipinski definition) is 0. The van der Waals surface area contributed by atoms with E-state index in [1.165, 1.54) is 0 Å². The van der Waals surface area contributed by atoms with E-state index in [0.29, 0.717) is 0 Å². The molecule has 0 aromatic heterocycles. The van der Waals surface area contributed by atoms with Crippen LogP contribution in [0.1, 0.15) is 0 Å². The van der Waals surface area contributed by atoms with E-state index < -0.39 is 0 Å². The molecule has 16 heavy (non-hydrogen) atoms. The number of amides is 2. The minimum atomic E-state index is -0.215. The van der Waals surface area contributed by atoms with Gasteiger partial charge in [0.1, 0.15) is 0 Å². The van der Waals surface area contributed by atoms with E-state index in [4.69, 9.17) is 0 Å². The average molecular weight is 218 g/mol. The monoisotopic (exact) mass is 218 g/mol. The molecule has 2 amide bonds. The van der Waals surface area contributed by atoms with Gasteiger partial charge in [0.2, 0.25) is 11.8 Å². The van der Waals surface area contributed by atoms with Crippen LogP contribution >= 0.6 is 0 Å². The molecular formula is C12H14N2O2. The van der Waals surface area contributed by atoms with E-state index in [-0.39, 0.29) is 35.7 Å². The minimum absolute atomic E-state index is 0.115. The van der Waals surface area contributed by atoms with Gasteiger partial charge in [-0.25, -0.2) is 0 Å². The van der Waals surface area contributed by atoms with Gasteiger partial charge in [-0.3, -0.25) is 9.59 Å². The molecule has 0 aromatic carbocycles. The third kappa shape index (κ3) is 0.991. The quantitative estimate of drug-likeness (QED) is 0.538. The molecular weight excluding hydrogens is 204 g/mol. The summed E-state index contributed by atoms with van der Waals surface area (Å²) in [5, 5.41) is 0. The third-order valence-corrected chi connectivity index (χ3v) is 3.93. The Morgan fingerprint density at radius 2 is 1.19 bits per heavy atom. The van der Waals surface area contributed by atoms with Gasteiger partial charge in [0.05, 0.1) is 23.9 Å². The van der Waals surface area contributed by atoms with Crippen LogP contribution in [0.15, 0.2) is 24.3 Å². The van der Waals surface area contributed by atoms with Crippen molar-refractivity contribution in [3.63, 3.8) is 0 Å². The van der Waals surface area contributed by atoms with Crippen molar-refractivity contribution in [1.82, 2.24) is 9.80 Å². The highest BCUT2D eigenvalue weighted by Gasteiger charge is 2.47. The predicted molar refractivity (Wildman–Crippen MR) is 58.4 cm³/mol. The van der Waals surface area contributed by atoms with Crippen LogP contribution in [0.3, 0.4) is 0 Å². The molecule has 5 heterocycles. The highest BCUT2D eigenvalue weighted by molar-refractivity contribution is 5.91. The van der Waals surface area contributed by atoms with Crippen LogP contribution in [0.5, 0.6) is 0 Å². The molecule has 84 valence electrons. The summed E-state index contributed by atoms with van der Waals surface area (Å²) in [4.78, 5) is 27.6. The first-order chi connectivity index (χ1) is 7.61. The maximum Gasteiger partial charge on any atom is 0.232 e. The molecule has 4 atom stereocenters. The maximum absolute atomic E-state index is 12.1. The molecule has 5 aliphatic heterocycles. The van der Waals surface area contributed by atoms with Crippen LogP contribution in [0.4, 0.5) is 0 Å². The van der Waals surface area contributed by atoms with Gasteiger partial charge >= 0.3 is 0 Å². The molecule has 1 fully saturated rings. The largest absolute Gasteiger partial charge is 0.338 e. The fourth-order valence-corrected chi connectivity index (χ4v) is 2.90. The zero-order chi connectivity index (χ0) is 11.4. The van der Waals surface area contributed by atoms with E-state index in [0.717, 1.165) is 0 Å². The molecule has 1 saturated heterocycles. The number of likely N-dealkylation sites (N-methyl/N-ethyl adjacent to an activating group) is 2. The molecule has 6 rings (SSSR count). The molecule has 0 N–H and O–H groups in total. The van der Waals surface area contributed by atoms with Crippen molar-refractivity contribution in [3.05, 3.63) is 24.3 Å². The second-order valence-electron chi connectivity index (χ2n) is 4.70. The van der Waals surface area contributed by atoms with E-state index in [1.807, 2.05) is 24.3 Å². The molecule has 6 aliphatic rings. The minimum Gasteiger partial charge on any atom is -0.338 e. The first-order valence-electron chi connectivity index (χ1n) is 5.51. The van der Waals surface area contributed by atoms with Crippen molar-refractivity contribution in [2.45, 2.75) is 12.1 Å². The lowest BCUT2D eigenvalue weighted by Gasteiger charge is -2.47. The number of hydrogen-bond acceptors (Lipinski definition) is 2. The summed E-state index contributed by atoms with van der Waals surface area (Å²) < 4.78 is 0. The van der Waals surface area contributed by atoms with Crippen LogP contribution < -0.4 is 0 Å². The van der Waals surface area contributed by atoms with Crippen LogP contribution in [-0.2, 0) is 9.59 Å². The topological polar surface area (TPSA) is 40.6 Å². The standard InChI is InChI=1S/C12H14N2O2/c1-13-9-5-3-8(11(13)15)10-6-4-7(9)12(16)14(10)2/h3-10H,1-2H3/t7-,8-,9-,10-/m0/s1. The first-order valence-corrected chi connectivity index (χ1v) is 5.51. The Labute approximate surface area is 94.2 Å². The van der Waals surface area contributed by atoms with Gasteiger partial charge < -0.3 is 9.80 Å². The lowest BCUT2D eigenvalue weighted by Crippen LogP contribution is -2.60. The maximum atomic E-state index is 12.1. The average Bonchev–Trinajstić information content (AvgIpc) is 2.23. The molecule has 0 aromatic rings. The second-order valence-corrected chi connectivity index (χ2v) is 4.70. The summed E-state index contributed by atoms with van der Waals surface area (Å²) in [5.74, 6) is -0.196. The SMILES string of the molecule is CN1C(=O)[C@H]2C=C[C@H]1[C@@H]1C=C[C@@H]2N(C)C1=O. The second kappa shape index (κ2) is 2.97. The smallest absolute Gasteiger partial charge is 0.232 e. The Morgan fingerprint density at radius 3 is 1.56 bits per heavy atom.